The van der Waals surface area contributed by atoms with E-state index in [1.54, 1.807) is 29.2 Å². The van der Waals surface area contributed by atoms with E-state index in [4.69, 9.17) is 10.7 Å². The van der Waals surface area contributed by atoms with Gasteiger partial charge in [0.2, 0.25) is 0 Å². The molecule has 1 atom stereocenters. The summed E-state index contributed by atoms with van der Waals surface area (Å²) in [4.78, 5) is 6.88. The molecule has 0 fully saturated rings. The third kappa shape index (κ3) is 4.04. The Kier molecular flexibility index (Phi) is 5.91. The Morgan fingerprint density at radius 2 is 1.93 bits per heavy atom. The van der Waals surface area contributed by atoms with E-state index >= 15 is 0 Å². The van der Waals surface area contributed by atoms with Gasteiger partial charge in [-0.2, -0.15) is 13.2 Å². The number of nitrogens with zero attached hydrogens (tertiary/aromatic N) is 1. The molecule has 2 N–H and O–H groups in total. The smallest absolute Gasteiger partial charge is 0.379 e. The lowest BCUT2D eigenvalue weighted by Gasteiger charge is -2.36. The number of aliphatic imine (C=N–C) groups is 1. The predicted molar refractivity (Wildman–Crippen MR) is 109 cm³/mol. The second kappa shape index (κ2) is 7.87. The molecule has 7 heteroatoms. The van der Waals surface area contributed by atoms with E-state index in [1.165, 1.54) is 22.6 Å². The van der Waals surface area contributed by atoms with Crippen LogP contribution in [0.25, 0.3) is 10.4 Å². The number of nitrogens with two attached hydrogens (primary N) is 1. The van der Waals surface area contributed by atoms with Crippen molar-refractivity contribution in [2.24, 2.45) is 10.7 Å². The topological polar surface area (TPSA) is 38.4 Å². The highest BCUT2D eigenvalue weighted by Gasteiger charge is 2.40. The summed E-state index contributed by atoms with van der Waals surface area (Å²) in [6.45, 7) is 4.00. The van der Waals surface area contributed by atoms with E-state index in [9.17, 15) is 13.2 Å². The Labute approximate surface area is 166 Å². The normalized spacial score (nSPS) is 21.9. The molecule has 2 aliphatic rings. The summed E-state index contributed by atoms with van der Waals surface area (Å²) in [5, 5.41) is 0.617. The highest BCUT2D eigenvalue weighted by molar-refractivity contribution is 8.13. The first-order valence-electron chi connectivity index (χ1n) is 9.16. The van der Waals surface area contributed by atoms with Crippen LogP contribution in [-0.4, -0.2) is 10.9 Å². The molecule has 2 aromatic rings. The van der Waals surface area contributed by atoms with Gasteiger partial charge in [0.05, 0.1) is 11.1 Å². The predicted octanol–water partition coefficient (Wildman–Crippen LogP) is 6.44. The van der Waals surface area contributed by atoms with Gasteiger partial charge < -0.3 is 5.73 Å². The van der Waals surface area contributed by atoms with Crippen LogP contribution in [0.4, 0.5) is 13.2 Å². The molecular weight excluding hydrogens is 389 g/mol. The highest BCUT2D eigenvalue weighted by Crippen LogP contribution is 2.49. The van der Waals surface area contributed by atoms with Crippen molar-refractivity contribution in [3.8, 4) is 10.4 Å². The summed E-state index contributed by atoms with van der Waals surface area (Å²) in [7, 11) is 0. The molecule has 0 saturated heterocycles. The van der Waals surface area contributed by atoms with Crippen LogP contribution in [0.1, 0.15) is 49.1 Å². The molecule has 0 saturated carbocycles. The zero-order valence-corrected chi connectivity index (χ0v) is 17.0. The van der Waals surface area contributed by atoms with Crippen molar-refractivity contribution in [3.05, 3.63) is 46.3 Å². The molecule has 146 valence electrons. The number of benzene rings is 1. The molecule has 1 unspecified atom stereocenters. The van der Waals surface area contributed by atoms with Crippen molar-refractivity contribution in [2.45, 2.75) is 51.2 Å². The van der Waals surface area contributed by atoms with Crippen molar-refractivity contribution in [1.29, 1.82) is 0 Å². The van der Waals surface area contributed by atoms with Gasteiger partial charge in [-0.25, -0.2) is 0 Å². The molecule has 1 aliphatic heterocycles. The van der Waals surface area contributed by atoms with Crippen LogP contribution < -0.4 is 5.73 Å². The number of hydrogen-bond acceptors (Lipinski definition) is 4. The SMILES string of the molecule is CC.NC1=NC2(CCCc3sc(-c4cccc(C(F)(F)F)c4)cc32)CCS1. The van der Waals surface area contributed by atoms with Crippen molar-refractivity contribution in [3.63, 3.8) is 0 Å². The molecule has 1 aromatic heterocycles. The van der Waals surface area contributed by atoms with Crippen molar-refractivity contribution < 1.29 is 13.2 Å². The second-order valence-corrected chi connectivity index (χ2v) is 8.71. The van der Waals surface area contributed by atoms with Crippen LogP contribution >= 0.6 is 23.1 Å². The lowest BCUT2D eigenvalue weighted by Crippen LogP contribution is -2.34. The largest absolute Gasteiger partial charge is 0.416 e. The fraction of sp³-hybridized carbons (Fsp3) is 0.450. The molecule has 4 rings (SSSR count). The minimum Gasteiger partial charge on any atom is -0.379 e. The van der Waals surface area contributed by atoms with Gasteiger partial charge in [-0.05, 0) is 55.0 Å². The van der Waals surface area contributed by atoms with Gasteiger partial charge in [0, 0.05) is 15.5 Å². The molecule has 2 nitrogen and oxygen atoms in total. The molecule has 0 radical (unpaired) electrons. The lowest BCUT2D eigenvalue weighted by molar-refractivity contribution is -0.137. The van der Waals surface area contributed by atoms with Gasteiger partial charge in [0.15, 0.2) is 5.17 Å². The number of thioether (sulfide) groups is 1. The number of thiophene rings is 1. The first-order chi connectivity index (χ1) is 12.9. The molecule has 1 aliphatic carbocycles. The van der Waals surface area contributed by atoms with E-state index in [0.717, 1.165) is 42.4 Å². The number of amidine groups is 1. The van der Waals surface area contributed by atoms with Crippen molar-refractivity contribution in [1.82, 2.24) is 0 Å². The average Bonchev–Trinajstić information content (AvgIpc) is 3.09. The Morgan fingerprint density at radius 1 is 1.15 bits per heavy atom. The maximum absolute atomic E-state index is 13.0. The zero-order chi connectivity index (χ0) is 19.7. The standard InChI is InChI=1S/C18H17F3N2S2.C2H6/c19-18(20,21)12-4-1-3-11(9-12)15-10-13-14(25-15)5-2-6-17(13)7-8-24-16(22)23-17;1-2/h1,3-4,9-10H,2,5-8H2,(H2,22,23);1-2H3. The van der Waals surface area contributed by atoms with Crippen LogP contribution in [0.5, 0.6) is 0 Å². The number of aryl methyl sites for hydroxylation is 1. The molecule has 0 amide bonds. The summed E-state index contributed by atoms with van der Waals surface area (Å²) < 4.78 is 39.0. The fourth-order valence-corrected chi connectivity index (χ4v) is 5.86. The zero-order valence-electron chi connectivity index (χ0n) is 15.4. The summed E-state index contributed by atoms with van der Waals surface area (Å²) in [5.41, 5.74) is 6.87. The Bertz CT molecular complexity index is 842. The van der Waals surface area contributed by atoms with Gasteiger partial charge in [0.1, 0.15) is 0 Å². The summed E-state index contributed by atoms with van der Waals surface area (Å²) in [6, 6.07) is 7.61. The quantitative estimate of drug-likeness (QED) is 0.585. The van der Waals surface area contributed by atoms with Crippen molar-refractivity contribution in [2.75, 3.05) is 5.75 Å². The number of hydrogen-bond donors (Lipinski definition) is 1. The first-order valence-corrected chi connectivity index (χ1v) is 11.0. The van der Waals surface area contributed by atoms with Crippen molar-refractivity contribution >= 4 is 28.3 Å². The number of rotatable bonds is 1. The van der Waals surface area contributed by atoms with Gasteiger partial charge in [-0.15, -0.1) is 11.3 Å². The van der Waals surface area contributed by atoms with E-state index < -0.39 is 11.7 Å². The van der Waals surface area contributed by atoms with Crippen LogP contribution in [0, 0.1) is 0 Å². The summed E-state index contributed by atoms with van der Waals surface area (Å²) in [5.74, 6) is 0.934. The van der Waals surface area contributed by atoms with Gasteiger partial charge in [-0.3, -0.25) is 4.99 Å². The Balaban J connectivity index is 0.00000102. The minimum atomic E-state index is -4.33. The van der Waals surface area contributed by atoms with Crippen LogP contribution in [0.2, 0.25) is 0 Å². The molecule has 27 heavy (non-hydrogen) atoms. The van der Waals surface area contributed by atoms with Crippen LogP contribution in [0.3, 0.4) is 0 Å². The first kappa shape index (κ1) is 20.3. The molecule has 0 bridgehead atoms. The highest BCUT2D eigenvalue weighted by atomic mass is 32.2. The third-order valence-electron chi connectivity index (χ3n) is 4.87. The number of fused-ring (bicyclic) bond motifs is 2. The van der Waals surface area contributed by atoms with Gasteiger partial charge in [-0.1, -0.05) is 37.7 Å². The Morgan fingerprint density at radius 3 is 2.63 bits per heavy atom. The van der Waals surface area contributed by atoms with E-state index in [-0.39, 0.29) is 5.54 Å². The molecular formula is C20H23F3N2S2. The number of halogens is 3. The molecule has 1 spiro atoms. The molecule has 2 heterocycles. The van der Waals surface area contributed by atoms with E-state index in [0.29, 0.717) is 10.7 Å². The monoisotopic (exact) mass is 412 g/mol. The van der Waals surface area contributed by atoms with E-state index in [2.05, 4.69) is 0 Å². The maximum atomic E-state index is 13.0. The summed E-state index contributed by atoms with van der Waals surface area (Å²) in [6.07, 6.45) is -0.433. The van der Waals surface area contributed by atoms with Crippen LogP contribution in [-0.2, 0) is 18.1 Å². The van der Waals surface area contributed by atoms with Gasteiger partial charge >= 0.3 is 6.18 Å². The molecule has 1 aromatic carbocycles. The summed E-state index contributed by atoms with van der Waals surface area (Å²) >= 11 is 3.17. The van der Waals surface area contributed by atoms with Gasteiger partial charge in [0.25, 0.3) is 0 Å². The fourth-order valence-electron chi connectivity index (χ4n) is 3.67. The lowest BCUT2D eigenvalue weighted by atomic mass is 9.78. The Hall–Kier alpha value is -1.47. The minimum absolute atomic E-state index is 0.278. The van der Waals surface area contributed by atoms with Crippen LogP contribution in [0.15, 0.2) is 35.3 Å². The second-order valence-electron chi connectivity index (χ2n) is 6.46. The average molecular weight is 413 g/mol. The maximum Gasteiger partial charge on any atom is 0.416 e. The van der Waals surface area contributed by atoms with E-state index in [1.807, 2.05) is 19.9 Å². The third-order valence-corrected chi connectivity index (χ3v) is 6.91. The number of alkyl halides is 3.